The number of rotatable bonds is 5. The number of likely N-dealkylation sites (tertiary alicyclic amines) is 1. The van der Waals surface area contributed by atoms with E-state index in [9.17, 15) is 13.2 Å². The van der Waals surface area contributed by atoms with Crippen molar-refractivity contribution in [3.63, 3.8) is 0 Å². The first kappa shape index (κ1) is 20.4. The normalized spacial score (nSPS) is 21.3. The van der Waals surface area contributed by atoms with Crippen molar-refractivity contribution in [2.75, 3.05) is 13.1 Å². The molecule has 3 unspecified atom stereocenters. The molecule has 132 valence electrons. The van der Waals surface area contributed by atoms with Gasteiger partial charge in [-0.3, -0.25) is 4.79 Å². The molecular weight excluding hydrogens is 358 g/mol. The van der Waals surface area contributed by atoms with Crippen LogP contribution < -0.4 is 10.5 Å². The topological polar surface area (TPSA) is 92.5 Å². The molecule has 2 heterocycles. The second kappa shape index (κ2) is 8.43. The van der Waals surface area contributed by atoms with E-state index in [4.69, 9.17) is 5.73 Å². The van der Waals surface area contributed by atoms with Crippen LogP contribution in [0, 0.1) is 5.92 Å². The summed E-state index contributed by atoms with van der Waals surface area (Å²) >= 11 is 1.13. The molecule has 1 aromatic rings. The lowest BCUT2D eigenvalue weighted by Crippen LogP contribution is -2.51. The quantitative estimate of drug-likeness (QED) is 0.806. The predicted octanol–water partition coefficient (Wildman–Crippen LogP) is 1.42. The molecule has 1 fully saturated rings. The van der Waals surface area contributed by atoms with Gasteiger partial charge in [0.05, 0.1) is 6.04 Å². The Morgan fingerprint density at radius 2 is 2.17 bits per heavy atom. The third-order valence-corrected chi connectivity index (χ3v) is 6.91. The predicted molar refractivity (Wildman–Crippen MR) is 94.3 cm³/mol. The second-order valence-corrected chi connectivity index (χ2v) is 8.71. The number of carbonyl (C=O) groups is 1. The van der Waals surface area contributed by atoms with Crippen molar-refractivity contribution in [2.24, 2.45) is 11.7 Å². The van der Waals surface area contributed by atoms with Gasteiger partial charge < -0.3 is 10.6 Å². The van der Waals surface area contributed by atoms with Crippen molar-refractivity contribution < 1.29 is 13.2 Å². The molecule has 1 aliphatic heterocycles. The number of sulfonamides is 1. The molecule has 0 aliphatic carbocycles. The SMILES string of the molecule is CC(NS(=O)(=O)c1cccs1)C(=O)N1CCCC(C(C)N)C1.Cl. The fourth-order valence-electron chi connectivity index (χ4n) is 2.67. The number of nitrogens with one attached hydrogen (secondary N) is 1. The van der Waals surface area contributed by atoms with Crippen LogP contribution >= 0.6 is 23.7 Å². The molecule has 6 nitrogen and oxygen atoms in total. The minimum Gasteiger partial charge on any atom is -0.341 e. The third-order valence-electron chi connectivity index (χ3n) is 3.98. The lowest BCUT2D eigenvalue weighted by Gasteiger charge is -2.36. The molecule has 1 aliphatic rings. The molecule has 9 heteroatoms. The van der Waals surface area contributed by atoms with Crippen LogP contribution in [0.25, 0.3) is 0 Å². The van der Waals surface area contributed by atoms with Crippen molar-refractivity contribution in [3.8, 4) is 0 Å². The van der Waals surface area contributed by atoms with E-state index in [2.05, 4.69) is 4.72 Å². The van der Waals surface area contributed by atoms with Gasteiger partial charge in [0.15, 0.2) is 0 Å². The van der Waals surface area contributed by atoms with Crippen LogP contribution in [0.4, 0.5) is 0 Å². The highest BCUT2D eigenvalue weighted by Gasteiger charge is 2.30. The maximum Gasteiger partial charge on any atom is 0.250 e. The fraction of sp³-hybridized carbons (Fsp3) is 0.643. The van der Waals surface area contributed by atoms with E-state index in [-0.39, 0.29) is 34.5 Å². The summed E-state index contributed by atoms with van der Waals surface area (Å²) in [7, 11) is -3.63. The molecule has 1 amide bonds. The number of nitrogens with zero attached hydrogens (tertiary/aromatic N) is 1. The standard InChI is InChI=1S/C14H23N3O3S2.ClH/c1-10(15)12-5-3-7-17(9-12)14(18)11(2)16-22(19,20)13-6-4-8-21-13;/h4,6,8,10-12,16H,3,5,7,9,15H2,1-2H3;1H. The van der Waals surface area contributed by atoms with Gasteiger partial charge in [-0.1, -0.05) is 6.07 Å². The fourth-order valence-corrected chi connectivity index (χ4v) is 4.88. The van der Waals surface area contributed by atoms with Crippen LogP contribution in [0.5, 0.6) is 0 Å². The molecule has 0 spiro atoms. The van der Waals surface area contributed by atoms with Gasteiger partial charge in [-0.05, 0) is 44.1 Å². The van der Waals surface area contributed by atoms with E-state index in [1.165, 1.54) is 6.07 Å². The van der Waals surface area contributed by atoms with Crippen molar-refractivity contribution in [1.29, 1.82) is 0 Å². The van der Waals surface area contributed by atoms with E-state index in [1.807, 2.05) is 6.92 Å². The van der Waals surface area contributed by atoms with E-state index in [0.29, 0.717) is 13.1 Å². The van der Waals surface area contributed by atoms with E-state index >= 15 is 0 Å². The van der Waals surface area contributed by atoms with Crippen LogP contribution in [-0.4, -0.2) is 44.4 Å². The number of thiophene rings is 1. The Kier molecular flexibility index (Phi) is 7.47. The summed E-state index contributed by atoms with van der Waals surface area (Å²) in [6.45, 7) is 4.79. The van der Waals surface area contributed by atoms with E-state index in [1.54, 1.807) is 23.3 Å². The summed E-state index contributed by atoms with van der Waals surface area (Å²) < 4.78 is 27.0. The third kappa shape index (κ3) is 5.15. The average molecular weight is 382 g/mol. The first-order valence-corrected chi connectivity index (χ1v) is 9.77. The van der Waals surface area contributed by atoms with Crippen molar-refractivity contribution >= 4 is 39.7 Å². The number of hydrogen-bond acceptors (Lipinski definition) is 5. The zero-order valence-corrected chi connectivity index (χ0v) is 15.7. The summed E-state index contributed by atoms with van der Waals surface area (Å²) in [5.41, 5.74) is 5.92. The van der Waals surface area contributed by atoms with Gasteiger partial charge >= 0.3 is 0 Å². The zero-order valence-electron chi connectivity index (χ0n) is 13.3. The van der Waals surface area contributed by atoms with E-state index in [0.717, 1.165) is 24.2 Å². The smallest absolute Gasteiger partial charge is 0.250 e. The lowest BCUT2D eigenvalue weighted by atomic mass is 9.92. The largest absolute Gasteiger partial charge is 0.341 e. The summed E-state index contributed by atoms with van der Waals surface area (Å²) in [6.07, 6.45) is 1.92. The molecule has 2 rings (SSSR count). The summed E-state index contributed by atoms with van der Waals surface area (Å²) in [5, 5.41) is 1.69. The Labute approximate surface area is 147 Å². The van der Waals surface area contributed by atoms with Gasteiger partial charge in [0, 0.05) is 19.1 Å². The van der Waals surface area contributed by atoms with Gasteiger partial charge in [0.1, 0.15) is 4.21 Å². The monoisotopic (exact) mass is 381 g/mol. The number of hydrogen-bond donors (Lipinski definition) is 2. The molecule has 0 bridgehead atoms. The molecule has 3 atom stereocenters. The molecule has 0 saturated carbocycles. The van der Waals surface area contributed by atoms with Crippen molar-refractivity contribution in [2.45, 2.75) is 43.0 Å². The Morgan fingerprint density at radius 3 is 2.74 bits per heavy atom. The van der Waals surface area contributed by atoms with Crippen LogP contribution in [-0.2, 0) is 14.8 Å². The Hall–Kier alpha value is -0.670. The van der Waals surface area contributed by atoms with Crippen LogP contribution in [0.1, 0.15) is 26.7 Å². The lowest BCUT2D eigenvalue weighted by molar-refractivity contribution is -0.134. The summed E-state index contributed by atoms with van der Waals surface area (Å²) in [4.78, 5) is 14.2. The van der Waals surface area contributed by atoms with Crippen LogP contribution in [0.15, 0.2) is 21.7 Å². The van der Waals surface area contributed by atoms with Gasteiger partial charge in [-0.25, -0.2) is 8.42 Å². The maximum absolute atomic E-state index is 12.5. The van der Waals surface area contributed by atoms with E-state index < -0.39 is 16.1 Å². The molecule has 23 heavy (non-hydrogen) atoms. The molecule has 1 saturated heterocycles. The molecule has 0 radical (unpaired) electrons. The summed E-state index contributed by atoms with van der Waals surface area (Å²) in [5.74, 6) is 0.0873. The van der Waals surface area contributed by atoms with Gasteiger partial charge in [0.25, 0.3) is 10.0 Å². The number of carbonyl (C=O) groups excluding carboxylic acids is 1. The average Bonchev–Trinajstić information content (AvgIpc) is 3.01. The van der Waals surface area contributed by atoms with Gasteiger partial charge in [0.2, 0.25) is 5.91 Å². The number of nitrogens with two attached hydrogens (primary N) is 1. The first-order valence-electron chi connectivity index (χ1n) is 7.41. The molecule has 3 N–H and O–H groups in total. The Balaban J connectivity index is 0.00000264. The van der Waals surface area contributed by atoms with Gasteiger partial charge in [-0.2, -0.15) is 4.72 Å². The highest BCUT2D eigenvalue weighted by molar-refractivity contribution is 7.91. The number of piperidine rings is 1. The second-order valence-electron chi connectivity index (χ2n) is 5.82. The van der Waals surface area contributed by atoms with Crippen molar-refractivity contribution in [3.05, 3.63) is 17.5 Å². The Morgan fingerprint density at radius 1 is 1.48 bits per heavy atom. The summed E-state index contributed by atoms with van der Waals surface area (Å²) in [6, 6.07) is 2.45. The minimum absolute atomic E-state index is 0. The van der Waals surface area contributed by atoms with Crippen LogP contribution in [0.2, 0.25) is 0 Å². The zero-order chi connectivity index (χ0) is 16.3. The molecular formula is C14H24ClN3O3S2. The van der Waals surface area contributed by atoms with Crippen molar-refractivity contribution in [1.82, 2.24) is 9.62 Å². The number of amides is 1. The minimum atomic E-state index is -3.63. The molecule has 1 aromatic heterocycles. The number of halogens is 1. The Bertz CT molecular complexity index is 605. The highest BCUT2D eigenvalue weighted by atomic mass is 35.5. The van der Waals surface area contributed by atoms with Crippen LogP contribution in [0.3, 0.4) is 0 Å². The van der Waals surface area contributed by atoms with Gasteiger partial charge in [-0.15, -0.1) is 23.7 Å². The first-order chi connectivity index (χ1) is 10.3. The maximum atomic E-state index is 12.5. The highest BCUT2D eigenvalue weighted by Crippen LogP contribution is 2.20. The molecule has 0 aromatic carbocycles.